The minimum absolute atomic E-state index is 0.219. The number of allylic oxidation sites excluding steroid dienone is 2. The van der Waals surface area contributed by atoms with E-state index < -0.39 is 0 Å². The number of hydrogen-bond acceptors (Lipinski definition) is 8. The molecule has 3 aromatic rings. The van der Waals surface area contributed by atoms with E-state index in [1.54, 1.807) is 37.8 Å². The molecular formula is C29H35ClN6OS2. The standard InChI is InChI=1S/C18H21N5OS.C11H14ClNS/c1-20-16(7-8-22-13-19)17(23-9-10-25-18(23)21-2)12-14-5-4-6-15(11-14)24-3;12-10-4-6-11(7-5-10)14-13-8-2-1-3-9-13/h4-12H,1,13,19H2,2-3H3;4-7H,1-3,8-9H2/b16-7-,17-12+,21-18?,22-8-;. The Balaban J connectivity index is 0.000000252. The van der Waals surface area contributed by atoms with E-state index in [-0.39, 0.29) is 6.67 Å². The lowest BCUT2D eigenvalue weighted by Crippen LogP contribution is -2.22. The Bertz CT molecular complexity index is 1340. The minimum atomic E-state index is 0.219. The normalized spacial score (nSPS) is 15.2. The molecule has 7 nitrogen and oxygen atoms in total. The Hall–Kier alpha value is -2.95. The number of piperidine rings is 1. The van der Waals surface area contributed by atoms with Crippen molar-refractivity contribution in [2.24, 2.45) is 20.7 Å². The minimum Gasteiger partial charge on any atom is -0.497 e. The summed E-state index contributed by atoms with van der Waals surface area (Å²) in [6.07, 6.45) is 11.4. The van der Waals surface area contributed by atoms with E-state index >= 15 is 0 Å². The van der Waals surface area contributed by atoms with E-state index in [2.05, 4.69) is 38.1 Å². The number of aliphatic imine (C=N–C) groups is 2. The van der Waals surface area contributed by atoms with Crippen LogP contribution in [0.15, 0.2) is 91.8 Å². The predicted molar refractivity (Wildman–Crippen MR) is 169 cm³/mol. The van der Waals surface area contributed by atoms with Crippen molar-refractivity contribution in [3.05, 3.63) is 87.3 Å². The van der Waals surface area contributed by atoms with Crippen LogP contribution in [-0.4, -0.2) is 55.7 Å². The third-order valence-corrected chi connectivity index (χ3v) is 7.88. The van der Waals surface area contributed by atoms with Crippen molar-refractivity contribution < 1.29 is 4.74 Å². The molecule has 39 heavy (non-hydrogen) atoms. The summed E-state index contributed by atoms with van der Waals surface area (Å²) in [5, 5.41) is 2.78. The molecule has 1 aromatic heterocycles. The lowest BCUT2D eigenvalue weighted by atomic mass is 10.1. The average molecular weight is 583 g/mol. The highest BCUT2D eigenvalue weighted by Crippen LogP contribution is 2.27. The molecule has 4 rings (SSSR count). The monoisotopic (exact) mass is 582 g/mol. The molecule has 10 heteroatoms. The van der Waals surface area contributed by atoms with Crippen LogP contribution in [0.5, 0.6) is 5.75 Å². The summed E-state index contributed by atoms with van der Waals surface area (Å²) in [6, 6.07) is 15.9. The number of halogens is 1. The van der Waals surface area contributed by atoms with Gasteiger partial charge in [-0.05, 0) is 85.6 Å². The van der Waals surface area contributed by atoms with Crippen LogP contribution in [-0.2, 0) is 0 Å². The van der Waals surface area contributed by atoms with Gasteiger partial charge in [0.25, 0.3) is 0 Å². The summed E-state index contributed by atoms with van der Waals surface area (Å²) in [5.41, 5.74) is 7.87. The molecule has 2 heterocycles. The highest BCUT2D eigenvalue weighted by atomic mass is 35.5. The van der Waals surface area contributed by atoms with E-state index in [0.717, 1.165) is 26.8 Å². The summed E-state index contributed by atoms with van der Waals surface area (Å²) >= 11 is 9.22. The van der Waals surface area contributed by atoms with Gasteiger partial charge in [-0.25, -0.2) is 4.31 Å². The number of aromatic nitrogens is 1. The highest BCUT2D eigenvalue weighted by molar-refractivity contribution is 7.97. The molecule has 0 bridgehead atoms. The second kappa shape index (κ2) is 16.9. The molecule has 1 aliphatic heterocycles. The van der Waals surface area contributed by atoms with Gasteiger partial charge in [-0.3, -0.25) is 19.5 Å². The zero-order valence-corrected chi connectivity index (χ0v) is 24.8. The van der Waals surface area contributed by atoms with E-state index in [9.17, 15) is 0 Å². The molecule has 2 aromatic carbocycles. The maximum atomic E-state index is 5.83. The lowest BCUT2D eigenvalue weighted by molar-refractivity contribution is 0.380. The summed E-state index contributed by atoms with van der Waals surface area (Å²) in [6.45, 7) is 6.33. The summed E-state index contributed by atoms with van der Waals surface area (Å²) < 4.78 is 9.70. The molecule has 206 valence electrons. The van der Waals surface area contributed by atoms with Crippen LogP contribution in [0, 0.1) is 0 Å². The second-order valence-corrected chi connectivity index (χ2v) is 10.8. The Labute approximate surface area is 244 Å². The van der Waals surface area contributed by atoms with Crippen molar-refractivity contribution in [3.8, 4) is 5.75 Å². The van der Waals surface area contributed by atoms with Crippen molar-refractivity contribution in [1.82, 2.24) is 8.87 Å². The van der Waals surface area contributed by atoms with Crippen molar-refractivity contribution in [1.29, 1.82) is 0 Å². The highest BCUT2D eigenvalue weighted by Gasteiger charge is 2.11. The molecular weight excluding hydrogens is 548 g/mol. The van der Waals surface area contributed by atoms with Crippen LogP contribution < -0.4 is 15.3 Å². The quantitative estimate of drug-likeness (QED) is 0.178. The number of ether oxygens (including phenoxy) is 1. The van der Waals surface area contributed by atoms with Gasteiger partial charge in [0, 0.05) is 47.8 Å². The third-order valence-electron chi connectivity index (χ3n) is 5.68. The van der Waals surface area contributed by atoms with Crippen LogP contribution >= 0.6 is 34.9 Å². The van der Waals surface area contributed by atoms with Crippen LogP contribution in [0.1, 0.15) is 24.8 Å². The SMILES string of the molecule is C=NC(=C\C=N/CN)/C(=C\c1cccc(OC)c1)n1ccsc1=NC.Clc1ccc(SN2CCCCC2)cc1. The van der Waals surface area contributed by atoms with Gasteiger partial charge in [-0.1, -0.05) is 30.2 Å². The first kappa shape index (κ1) is 30.6. The van der Waals surface area contributed by atoms with E-state index in [1.807, 2.05) is 70.6 Å². The van der Waals surface area contributed by atoms with Gasteiger partial charge in [-0.15, -0.1) is 11.3 Å². The maximum Gasteiger partial charge on any atom is 0.189 e. The summed E-state index contributed by atoms with van der Waals surface area (Å²) in [7, 11) is 3.40. The van der Waals surface area contributed by atoms with Crippen molar-refractivity contribution in [2.45, 2.75) is 24.2 Å². The number of thiazole rings is 1. The van der Waals surface area contributed by atoms with Gasteiger partial charge in [0.15, 0.2) is 4.80 Å². The van der Waals surface area contributed by atoms with Crippen molar-refractivity contribution in [3.63, 3.8) is 0 Å². The molecule has 0 unspecified atom stereocenters. The number of methoxy groups -OCH3 is 1. The lowest BCUT2D eigenvalue weighted by Gasteiger charge is -2.24. The molecule has 0 spiro atoms. The summed E-state index contributed by atoms with van der Waals surface area (Å²) in [4.78, 5) is 14.6. The number of benzene rings is 2. The first-order valence-corrected chi connectivity index (χ1v) is 14.6. The molecule has 0 atom stereocenters. The van der Waals surface area contributed by atoms with Crippen molar-refractivity contribution >= 4 is 59.6 Å². The maximum absolute atomic E-state index is 5.83. The van der Waals surface area contributed by atoms with E-state index in [0.29, 0.717) is 5.70 Å². The van der Waals surface area contributed by atoms with Gasteiger partial charge in [0.2, 0.25) is 0 Å². The summed E-state index contributed by atoms with van der Waals surface area (Å²) in [5.74, 6) is 0.783. The largest absolute Gasteiger partial charge is 0.497 e. The molecule has 0 saturated carbocycles. The molecule has 1 fully saturated rings. The second-order valence-electron chi connectivity index (χ2n) is 8.34. The topological polar surface area (TPSA) is 80.5 Å². The number of rotatable bonds is 9. The molecule has 2 N–H and O–H groups in total. The fourth-order valence-corrected chi connectivity index (χ4v) is 5.58. The van der Waals surface area contributed by atoms with Crippen LogP contribution in [0.2, 0.25) is 5.02 Å². The Morgan fingerprint density at radius 2 is 1.95 bits per heavy atom. The molecule has 0 radical (unpaired) electrons. The molecule has 1 saturated heterocycles. The van der Waals surface area contributed by atoms with Crippen LogP contribution in [0.25, 0.3) is 11.8 Å². The van der Waals surface area contributed by atoms with E-state index in [4.69, 9.17) is 22.1 Å². The predicted octanol–water partition coefficient (Wildman–Crippen LogP) is 6.49. The smallest absolute Gasteiger partial charge is 0.189 e. The average Bonchev–Trinajstić information content (AvgIpc) is 3.45. The zero-order valence-electron chi connectivity index (χ0n) is 22.4. The third kappa shape index (κ3) is 9.94. The fourth-order valence-electron chi connectivity index (χ4n) is 3.78. The van der Waals surface area contributed by atoms with E-state index in [1.165, 1.54) is 37.2 Å². The van der Waals surface area contributed by atoms with Gasteiger partial charge in [0.1, 0.15) is 5.75 Å². The van der Waals surface area contributed by atoms with Gasteiger partial charge < -0.3 is 10.5 Å². The number of nitrogens with two attached hydrogens (primary N) is 1. The molecule has 1 aliphatic rings. The fraction of sp³-hybridized carbons (Fsp3) is 0.276. The van der Waals surface area contributed by atoms with Gasteiger partial charge in [-0.2, -0.15) is 0 Å². The Morgan fingerprint density at radius 1 is 1.18 bits per heavy atom. The Kier molecular flexibility index (Phi) is 13.2. The zero-order chi connectivity index (χ0) is 27.9. The molecule has 0 amide bonds. The van der Waals surface area contributed by atoms with Gasteiger partial charge in [0.05, 0.1) is 25.2 Å². The number of nitrogens with zero attached hydrogens (tertiary/aromatic N) is 5. The molecule has 0 aliphatic carbocycles. The van der Waals surface area contributed by atoms with Crippen LogP contribution in [0.3, 0.4) is 0 Å². The number of hydrogen-bond donors (Lipinski definition) is 1. The van der Waals surface area contributed by atoms with Crippen molar-refractivity contribution in [2.75, 3.05) is 33.9 Å². The Morgan fingerprint density at radius 3 is 2.62 bits per heavy atom. The van der Waals surface area contributed by atoms with Crippen LogP contribution in [0.4, 0.5) is 0 Å². The first-order chi connectivity index (χ1) is 19.1. The van der Waals surface area contributed by atoms with Gasteiger partial charge >= 0.3 is 0 Å². The first-order valence-electron chi connectivity index (χ1n) is 12.6.